The Kier molecular flexibility index (Phi) is 6.93. The van der Waals surface area contributed by atoms with Gasteiger partial charge in [0.25, 0.3) is 0 Å². The Morgan fingerprint density at radius 3 is 1.88 bits per heavy atom. The Morgan fingerprint density at radius 1 is 0.833 bits per heavy atom. The van der Waals surface area contributed by atoms with Gasteiger partial charge in [0.2, 0.25) is 0 Å². The predicted molar refractivity (Wildman–Crippen MR) is 111 cm³/mol. The van der Waals surface area contributed by atoms with Crippen molar-refractivity contribution in [1.82, 2.24) is 0 Å². The first-order valence-corrected chi connectivity index (χ1v) is 9.49. The van der Waals surface area contributed by atoms with Crippen molar-refractivity contribution >= 4 is 23.2 Å². The lowest BCUT2D eigenvalue weighted by atomic mass is 9.92. The zero-order valence-electron chi connectivity index (χ0n) is 15.4. The molecule has 0 atom stereocenters. The third-order valence-corrected chi connectivity index (χ3v) is 5.02. The van der Waals surface area contributed by atoms with Crippen LogP contribution >= 0.6 is 12.2 Å². The van der Waals surface area contributed by atoms with E-state index >= 15 is 0 Å². The second-order valence-corrected chi connectivity index (χ2v) is 6.57. The maximum absolute atomic E-state index is 5.58. The predicted octanol–water partition coefficient (Wildman–Crippen LogP) is 6.37. The minimum Gasteiger partial charge on any atom is -0.0795 e. The zero-order chi connectivity index (χ0) is 17.5. The van der Waals surface area contributed by atoms with Crippen molar-refractivity contribution in [3.63, 3.8) is 0 Å². The first kappa shape index (κ1) is 18.6. The largest absolute Gasteiger partial charge is 0.0795 e. The number of thiocarbonyl (C=S) groups is 1. The van der Waals surface area contributed by atoms with Crippen LogP contribution in [0.4, 0.5) is 0 Å². The highest BCUT2D eigenvalue weighted by atomic mass is 32.1. The quantitative estimate of drug-likeness (QED) is 0.322. The Morgan fingerprint density at radius 2 is 1.42 bits per heavy atom. The normalized spacial score (nSPS) is 11.2. The fraction of sp³-hybridized carbons (Fsp3) is 0.348. The summed E-state index contributed by atoms with van der Waals surface area (Å²) in [6, 6.07) is 13.2. The lowest BCUT2D eigenvalue weighted by Crippen LogP contribution is -1.99. The number of hydrogen-bond donors (Lipinski definition) is 0. The Labute approximate surface area is 152 Å². The first-order chi connectivity index (χ1) is 11.6. The van der Waals surface area contributed by atoms with E-state index in [1.54, 1.807) is 0 Å². The van der Waals surface area contributed by atoms with Crippen LogP contribution in [0.3, 0.4) is 0 Å². The van der Waals surface area contributed by atoms with E-state index in [1.807, 2.05) is 0 Å². The molecule has 0 saturated heterocycles. The van der Waals surface area contributed by atoms with Gasteiger partial charge in [-0.1, -0.05) is 82.4 Å². The van der Waals surface area contributed by atoms with Crippen LogP contribution in [-0.2, 0) is 25.7 Å². The smallest absolute Gasteiger partial charge is 0.0449 e. The highest BCUT2D eigenvalue weighted by Crippen LogP contribution is 2.21. The summed E-state index contributed by atoms with van der Waals surface area (Å²) < 4.78 is 0. The highest BCUT2D eigenvalue weighted by molar-refractivity contribution is 7.81. The second-order valence-electron chi connectivity index (χ2n) is 6.13. The zero-order valence-corrected chi connectivity index (χ0v) is 16.2. The van der Waals surface area contributed by atoms with Gasteiger partial charge >= 0.3 is 0 Å². The molecule has 0 saturated carbocycles. The van der Waals surface area contributed by atoms with E-state index in [9.17, 15) is 0 Å². The monoisotopic (exact) mass is 336 g/mol. The summed E-state index contributed by atoms with van der Waals surface area (Å²) >= 11 is 5.58. The lowest BCUT2D eigenvalue weighted by molar-refractivity contribution is 0.980. The maximum atomic E-state index is 5.58. The van der Waals surface area contributed by atoms with Gasteiger partial charge < -0.3 is 0 Å². The molecule has 0 amide bonds. The second kappa shape index (κ2) is 8.94. The van der Waals surface area contributed by atoms with Gasteiger partial charge in [-0.25, -0.2) is 0 Å². The molecule has 0 radical (unpaired) electrons. The SMILES string of the molecule is CCc1ccc(C(=S)C=Cc2cc(CC)c(CC)c(CC)c2)cc1. The van der Waals surface area contributed by atoms with Crippen LogP contribution in [-0.4, -0.2) is 4.86 Å². The molecule has 0 aliphatic carbocycles. The van der Waals surface area contributed by atoms with Gasteiger partial charge in [0, 0.05) is 4.86 Å². The molecule has 0 bridgehead atoms. The van der Waals surface area contributed by atoms with E-state index in [4.69, 9.17) is 12.2 Å². The number of benzene rings is 2. The van der Waals surface area contributed by atoms with E-state index in [-0.39, 0.29) is 0 Å². The van der Waals surface area contributed by atoms with Gasteiger partial charge in [-0.2, -0.15) is 0 Å². The van der Waals surface area contributed by atoms with Crippen LogP contribution in [0.2, 0.25) is 0 Å². The molecule has 0 spiro atoms. The minimum atomic E-state index is 0.897. The molecule has 0 N–H and O–H groups in total. The topological polar surface area (TPSA) is 0 Å². The molecule has 126 valence electrons. The lowest BCUT2D eigenvalue weighted by Gasteiger charge is -2.13. The van der Waals surface area contributed by atoms with E-state index < -0.39 is 0 Å². The molecule has 2 rings (SSSR count). The Balaban J connectivity index is 2.25. The third-order valence-electron chi connectivity index (χ3n) is 4.65. The summed E-state index contributed by atoms with van der Waals surface area (Å²) in [6.45, 7) is 8.89. The third kappa shape index (κ3) is 4.42. The molecule has 0 nitrogen and oxygen atoms in total. The fourth-order valence-corrected chi connectivity index (χ4v) is 3.38. The van der Waals surface area contributed by atoms with Crippen LogP contribution in [0.5, 0.6) is 0 Å². The number of rotatable bonds is 7. The number of aryl methyl sites for hydroxylation is 3. The first-order valence-electron chi connectivity index (χ1n) is 9.08. The van der Waals surface area contributed by atoms with Crippen molar-refractivity contribution < 1.29 is 0 Å². The van der Waals surface area contributed by atoms with E-state index in [2.05, 4.69) is 76.2 Å². The molecule has 2 aromatic rings. The van der Waals surface area contributed by atoms with Gasteiger partial charge in [0.15, 0.2) is 0 Å². The molecule has 2 aromatic carbocycles. The van der Waals surface area contributed by atoms with Crippen LogP contribution in [0.1, 0.15) is 61.1 Å². The summed E-state index contributed by atoms with van der Waals surface area (Å²) in [7, 11) is 0. The van der Waals surface area contributed by atoms with Crippen molar-refractivity contribution in [3.05, 3.63) is 75.9 Å². The van der Waals surface area contributed by atoms with Gasteiger partial charge in [0.1, 0.15) is 0 Å². The van der Waals surface area contributed by atoms with E-state index in [1.165, 1.54) is 27.8 Å². The molecular formula is C23H28S. The number of hydrogen-bond acceptors (Lipinski definition) is 1. The summed E-state index contributed by atoms with van der Waals surface area (Å²) in [4.78, 5) is 0.897. The molecule has 0 fully saturated rings. The molecule has 0 aromatic heterocycles. The minimum absolute atomic E-state index is 0.897. The Hall–Kier alpha value is -1.73. The Bertz CT molecular complexity index is 695. The summed E-state index contributed by atoms with van der Waals surface area (Å²) in [5, 5.41) is 0. The number of allylic oxidation sites excluding steroid dienone is 1. The van der Waals surface area contributed by atoms with Crippen molar-refractivity contribution in [2.75, 3.05) is 0 Å². The van der Waals surface area contributed by atoms with Gasteiger partial charge in [0.05, 0.1) is 0 Å². The summed E-state index contributed by atoms with van der Waals surface area (Å²) in [5.74, 6) is 0. The average molecular weight is 337 g/mol. The summed E-state index contributed by atoms with van der Waals surface area (Å²) in [5.41, 5.74) is 8.18. The van der Waals surface area contributed by atoms with Crippen LogP contribution in [0, 0.1) is 0 Å². The van der Waals surface area contributed by atoms with Crippen molar-refractivity contribution in [2.24, 2.45) is 0 Å². The van der Waals surface area contributed by atoms with Crippen molar-refractivity contribution in [2.45, 2.75) is 53.4 Å². The molecule has 0 unspecified atom stereocenters. The molecule has 24 heavy (non-hydrogen) atoms. The molecular weight excluding hydrogens is 308 g/mol. The van der Waals surface area contributed by atoms with Gasteiger partial charge in [-0.05, 0) is 65.1 Å². The van der Waals surface area contributed by atoms with Crippen molar-refractivity contribution in [3.8, 4) is 0 Å². The molecule has 0 heterocycles. The van der Waals surface area contributed by atoms with E-state index in [0.29, 0.717) is 0 Å². The van der Waals surface area contributed by atoms with Crippen LogP contribution in [0.25, 0.3) is 6.08 Å². The van der Waals surface area contributed by atoms with Crippen molar-refractivity contribution in [1.29, 1.82) is 0 Å². The van der Waals surface area contributed by atoms with E-state index in [0.717, 1.165) is 36.1 Å². The average Bonchev–Trinajstić information content (AvgIpc) is 2.65. The molecule has 0 aliphatic heterocycles. The standard InChI is InChI=1S/C23H28S/c1-5-17-9-12-21(13-10-17)23(24)14-11-18-15-19(6-2)22(8-4)20(7-3)16-18/h9-16H,5-8H2,1-4H3. The van der Waals surface area contributed by atoms with Gasteiger partial charge in [-0.3, -0.25) is 0 Å². The highest BCUT2D eigenvalue weighted by Gasteiger charge is 2.06. The fourth-order valence-electron chi connectivity index (χ4n) is 3.18. The maximum Gasteiger partial charge on any atom is 0.0449 e. The summed E-state index contributed by atoms with van der Waals surface area (Å²) in [6.07, 6.45) is 8.57. The molecule has 0 aliphatic rings. The molecule has 1 heteroatoms. The van der Waals surface area contributed by atoms with Crippen LogP contribution in [0.15, 0.2) is 42.5 Å². The van der Waals surface area contributed by atoms with Crippen LogP contribution < -0.4 is 0 Å². The van der Waals surface area contributed by atoms with Gasteiger partial charge in [-0.15, -0.1) is 0 Å².